The highest BCUT2D eigenvalue weighted by atomic mass is 19.4. The van der Waals surface area contributed by atoms with Gasteiger partial charge in [-0.05, 0) is 38.4 Å². The molecule has 2 aliphatic heterocycles. The number of alkyl halides is 6. The molecule has 10 nitrogen and oxygen atoms in total. The Morgan fingerprint density at radius 2 is 1.52 bits per heavy atom. The Balaban J connectivity index is 0.000000333. The Morgan fingerprint density at radius 1 is 0.975 bits per heavy atom. The van der Waals surface area contributed by atoms with Crippen molar-refractivity contribution in [3.05, 3.63) is 24.5 Å². The van der Waals surface area contributed by atoms with Gasteiger partial charge in [0.25, 0.3) is 0 Å². The zero-order valence-electron chi connectivity index (χ0n) is 21.5. The molecular weight excluding hydrogens is 554 g/mol. The van der Waals surface area contributed by atoms with Gasteiger partial charge in [-0.15, -0.1) is 0 Å². The molecular formula is C24H30F6N4O6. The van der Waals surface area contributed by atoms with Crippen molar-refractivity contribution in [3.63, 3.8) is 0 Å². The van der Waals surface area contributed by atoms with Gasteiger partial charge in [-0.1, -0.05) is 19.3 Å². The summed E-state index contributed by atoms with van der Waals surface area (Å²) in [5, 5.41) is 14.2. The average molecular weight is 585 g/mol. The van der Waals surface area contributed by atoms with Crippen molar-refractivity contribution in [1.29, 1.82) is 0 Å². The highest BCUT2D eigenvalue weighted by Crippen LogP contribution is 2.35. The minimum atomic E-state index is -5.08. The first-order valence-electron chi connectivity index (χ1n) is 12.3. The number of aliphatic carboxylic acids is 2. The van der Waals surface area contributed by atoms with Crippen LogP contribution in [0, 0.1) is 5.92 Å². The predicted octanol–water partition coefficient (Wildman–Crippen LogP) is 3.18. The Kier molecular flexibility index (Phi) is 10.9. The van der Waals surface area contributed by atoms with Gasteiger partial charge in [-0.25, -0.2) is 9.59 Å². The van der Waals surface area contributed by atoms with Crippen molar-refractivity contribution in [2.24, 2.45) is 5.92 Å². The van der Waals surface area contributed by atoms with Gasteiger partial charge < -0.3 is 20.0 Å². The summed E-state index contributed by atoms with van der Waals surface area (Å²) in [7, 11) is 2.02. The molecule has 1 aromatic heterocycles. The van der Waals surface area contributed by atoms with E-state index >= 15 is 0 Å². The van der Waals surface area contributed by atoms with E-state index in [0.29, 0.717) is 19.0 Å². The van der Waals surface area contributed by atoms with Crippen LogP contribution in [0.4, 0.5) is 32.0 Å². The fourth-order valence-corrected chi connectivity index (χ4v) is 4.80. The zero-order valence-corrected chi connectivity index (χ0v) is 21.5. The Hall–Kier alpha value is -3.43. The Labute approximate surface area is 225 Å². The lowest BCUT2D eigenvalue weighted by Crippen LogP contribution is -2.64. The van der Waals surface area contributed by atoms with Crippen LogP contribution >= 0.6 is 0 Å². The number of nitrogens with zero attached hydrogens (tertiary/aromatic N) is 4. The fraction of sp³-hybridized carbons (Fsp3) is 0.625. The summed E-state index contributed by atoms with van der Waals surface area (Å²) in [4.78, 5) is 53.6. The predicted molar refractivity (Wildman–Crippen MR) is 127 cm³/mol. The monoisotopic (exact) mass is 584 g/mol. The molecule has 0 radical (unpaired) electrons. The summed E-state index contributed by atoms with van der Waals surface area (Å²) < 4.78 is 63.5. The number of carbonyl (C=O) groups is 4. The lowest BCUT2D eigenvalue weighted by molar-refractivity contribution is -0.193. The quantitative estimate of drug-likeness (QED) is 0.507. The topological polar surface area (TPSA) is 131 Å². The maximum Gasteiger partial charge on any atom is 0.490 e. The van der Waals surface area contributed by atoms with Crippen molar-refractivity contribution in [2.45, 2.75) is 56.4 Å². The lowest BCUT2D eigenvalue weighted by atomic mass is 9.88. The van der Waals surface area contributed by atoms with E-state index in [1.807, 2.05) is 24.1 Å². The summed E-state index contributed by atoms with van der Waals surface area (Å²) in [5.41, 5.74) is 0.704. The molecule has 3 fully saturated rings. The molecule has 4 rings (SSSR count). The van der Waals surface area contributed by atoms with Crippen LogP contribution in [0.2, 0.25) is 0 Å². The van der Waals surface area contributed by atoms with E-state index < -0.39 is 24.3 Å². The molecule has 2 N–H and O–H groups in total. The summed E-state index contributed by atoms with van der Waals surface area (Å²) in [5.74, 6) is -4.87. The first-order chi connectivity index (χ1) is 18.5. The maximum atomic E-state index is 13.0. The third-order valence-corrected chi connectivity index (χ3v) is 6.98. The van der Waals surface area contributed by atoms with Crippen LogP contribution in [0.25, 0.3) is 0 Å². The van der Waals surface area contributed by atoms with Gasteiger partial charge in [0, 0.05) is 31.7 Å². The molecule has 0 aromatic carbocycles. The second-order valence-electron chi connectivity index (χ2n) is 9.72. The molecule has 1 atom stereocenters. The van der Waals surface area contributed by atoms with Crippen molar-refractivity contribution < 1.29 is 55.7 Å². The molecule has 40 heavy (non-hydrogen) atoms. The molecule has 1 aliphatic carbocycles. The van der Waals surface area contributed by atoms with E-state index in [9.17, 15) is 35.9 Å². The first-order valence-corrected chi connectivity index (χ1v) is 12.3. The van der Waals surface area contributed by atoms with Crippen LogP contribution in [-0.4, -0.2) is 99.9 Å². The third kappa shape index (κ3) is 8.79. The van der Waals surface area contributed by atoms with E-state index in [2.05, 4.69) is 14.8 Å². The molecule has 16 heteroatoms. The van der Waals surface area contributed by atoms with Crippen molar-refractivity contribution >= 4 is 29.4 Å². The number of rotatable bonds is 2. The van der Waals surface area contributed by atoms with Crippen LogP contribution < -0.4 is 4.90 Å². The van der Waals surface area contributed by atoms with E-state index in [1.165, 1.54) is 19.3 Å². The number of likely N-dealkylation sites (tertiary alicyclic amines) is 1. The highest BCUT2D eigenvalue weighted by Gasteiger charge is 2.49. The van der Waals surface area contributed by atoms with E-state index in [1.54, 1.807) is 12.4 Å². The van der Waals surface area contributed by atoms with Gasteiger partial charge in [0.2, 0.25) is 11.8 Å². The molecule has 0 bridgehead atoms. The number of aromatic nitrogens is 1. The molecule has 3 heterocycles. The third-order valence-electron chi connectivity index (χ3n) is 6.98. The number of hydrogen-bond acceptors (Lipinski definition) is 6. The van der Waals surface area contributed by atoms with E-state index in [4.69, 9.17) is 19.8 Å². The zero-order chi connectivity index (χ0) is 30.3. The van der Waals surface area contributed by atoms with Crippen LogP contribution in [0.3, 0.4) is 0 Å². The van der Waals surface area contributed by atoms with Crippen molar-refractivity contribution in [2.75, 3.05) is 38.1 Å². The number of likely N-dealkylation sites (N-methyl/N-ethyl adjacent to an activating group) is 1. The van der Waals surface area contributed by atoms with Gasteiger partial charge in [-0.2, -0.15) is 26.3 Å². The number of carbonyl (C=O) groups excluding carboxylic acids is 2. The van der Waals surface area contributed by atoms with Crippen molar-refractivity contribution in [3.8, 4) is 0 Å². The number of amides is 2. The molecule has 1 spiro atoms. The van der Waals surface area contributed by atoms with Crippen LogP contribution in [-0.2, 0) is 19.2 Å². The fourth-order valence-electron chi connectivity index (χ4n) is 4.80. The Bertz CT molecular complexity index is 1020. The van der Waals surface area contributed by atoms with Gasteiger partial charge in [0.05, 0.1) is 24.0 Å². The SMILES string of the molecule is CN1CC(=O)N(c2cccnc2)CC12CCN(C(=O)C1CCCCC1)C2.O=C(O)C(F)(F)F.O=C(O)C(F)(F)F. The van der Waals surface area contributed by atoms with Crippen LogP contribution in [0.1, 0.15) is 38.5 Å². The minimum absolute atomic E-state index is 0.100. The normalized spacial score (nSPS) is 22.2. The number of carboxylic acids is 2. The maximum absolute atomic E-state index is 13.0. The standard InChI is InChI=1S/C20H28N4O2.2C2HF3O2/c1-22-13-18(25)24(17-8-5-10-21-12-17)15-20(22)9-11-23(14-20)19(26)16-6-3-2-4-7-16;2*3-2(4,5)1(6)7/h5,8,10,12,16H,2-4,6-7,9,11,13-15H2,1H3;2*(H,6,7). The number of anilines is 1. The first kappa shape index (κ1) is 32.8. The second-order valence-corrected chi connectivity index (χ2v) is 9.72. The molecule has 1 saturated carbocycles. The van der Waals surface area contributed by atoms with Gasteiger partial charge in [0.1, 0.15) is 0 Å². The molecule has 1 unspecified atom stereocenters. The second kappa shape index (κ2) is 13.3. The molecule has 3 aliphatic rings. The van der Waals surface area contributed by atoms with E-state index in [-0.39, 0.29) is 17.4 Å². The average Bonchev–Trinajstić information content (AvgIpc) is 3.32. The molecule has 1 aromatic rings. The number of piperazine rings is 1. The molecule has 2 saturated heterocycles. The summed E-state index contributed by atoms with van der Waals surface area (Å²) in [6.45, 7) is 2.54. The van der Waals surface area contributed by atoms with Gasteiger partial charge in [-0.3, -0.25) is 19.5 Å². The molecule has 224 valence electrons. The largest absolute Gasteiger partial charge is 0.490 e. The van der Waals surface area contributed by atoms with Crippen LogP contribution in [0.5, 0.6) is 0 Å². The number of carboxylic acid groups (broad SMARTS) is 2. The summed E-state index contributed by atoms with van der Waals surface area (Å²) >= 11 is 0. The van der Waals surface area contributed by atoms with E-state index in [0.717, 1.165) is 38.0 Å². The Morgan fingerprint density at radius 3 is 2.00 bits per heavy atom. The van der Waals surface area contributed by atoms with Crippen molar-refractivity contribution in [1.82, 2.24) is 14.8 Å². The lowest BCUT2D eigenvalue weighted by Gasteiger charge is -2.46. The van der Waals surface area contributed by atoms with Crippen LogP contribution in [0.15, 0.2) is 24.5 Å². The minimum Gasteiger partial charge on any atom is -0.475 e. The summed E-state index contributed by atoms with van der Waals surface area (Å²) in [6, 6.07) is 3.80. The number of hydrogen-bond donors (Lipinski definition) is 2. The molecule has 2 amide bonds. The smallest absolute Gasteiger partial charge is 0.475 e. The van der Waals surface area contributed by atoms with Gasteiger partial charge >= 0.3 is 24.3 Å². The highest BCUT2D eigenvalue weighted by molar-refractivity contribution is 5.96. The number of pyridine rings is 1. The number of halogens is 6. The summed E-state index contributed by atoms with van der Waals surface area (Å²) in [6.07, 6.45) is -0.0739. The van der Waals surface area contributed by atoms with Gasteiger partial charge in [0.15, 0.2) is 0 Å².